The van der Waals surface area contributed by atoms with Crippen LogP contribution in [0, 0.1) is 12.7 Å². The first-order valence-corrected chi connectivity index (χ1v) is 8.65. The lowest BCUT2D eigenvalue weighted by Crippen LogP contribution is -2.31. The smallest absolute Gasteiger partial charge is 0.269 e. The molecule has 8 heteroatoms. The largest absolute Gasteiger partial charge is 0.364 e. The highest BCUT2D eigenvalue weighted by Gasteiger charge is 2.17. The van der Waals surface area contributed by atoms with E-state index in [9.17, 15) is 9.18 Å². The maximum Gasteiger partial charge on any atom is 0.269 e. The zero-order chi connectivity index (χ0) is 19.6. The Kier molecular flexibility index (Phi) is 5.25. The van der Waals surface area contributed by atoms with Gasteiger partial charge in [-0.05, 0) is 45.0 Å². The van der Waals surface area contributed by atoms with Crippen LogP contribution < -0.4 is 10.6 Å². The van der Waals surface area contributed by atoms with Gasteiger partial charge in [-0.3, -0.25) is 9.48 Å². The van der Waals surface area contributed by atoms with Gasteiger partial charge in [-0.1, -0.05) is 5.16 Å². The molecule has 0 atom stereocenters. The summed E-state index contributed by atoms with van der Waals surface area (Å²) in [4.78, 5) is 12.2. The molecular formula is C19H22FN5O2. The van der Waals surface area contributed by atoms with E-state index in [4.69, 9.17) is 4.52 Å². The van der Waals surface area contributed by atoms with Gasteiger partial charge in [0.25, 0.3) is 5.91 Å². The lowest BCUT2D eigenvalue weighted by molar-refractivity contribution is 0.0933. The average Bonchev–Trinajstić information content (AvgIpc) is 3.16. The van der Waals surface area contributed by atoms with Crippen LogP contribution in [-0.4, -0.2) is 26.9 Å². The lowest BCUT2D eigenvalue weighted by Gasteiger charge is -2.07. The molecule has 1 amide bonds. The molecule has 2 N–H and O–H groups in total. The Morgan fingerprint density at radius 3 is 2.67 bits per heavy atom. The van der Waals surface area contributed by atoms with E-state index in [2.05, 4.69) is 20.9 Å². The number of rotatable bonds is 6. The number of nitrogens with zero attached hydrogens (tertiary/aromatic N) is 3. The molecule has 1 aromatic carbocycles. The van der Waals surface area contributed by atoms with Crippen molar-refractivity contribution in [3.8, 4) is 11.3 Å². The fraction of sp³-hybridized carbons (Fsp3) is 0.316. The average molecular weight is 371 g/mol. The van der Waals surface area contributed by atoms with Crippen LogP contribution in [0.3, 0.4) is 0 Å². The third kappa shape index (κ3) is 4.16. The molecule has 0 fully saturated rings. The minimum absolute atomic E-state index is 0.0433. The Balaban J connectivity index is 1.77. The summed E-state index contributed by atoms with van der Waals surface area (Å²) in [6.45, 7) is 6.03. The van der Waals surface area contributed by atoms with Crippen molar-refractivity contribution < 1.29 is 13.7 Å². The van der Waals surface area contributed by atoms with Gasteiger partial charge in [-0.2, -0.15) is 5.10 Å². The van der Waals surface area contributed by atoms with Crippen molar-refractivity contribution in [2.24, 2.45) is 7.05 Å². The van der Waals surface area contributed by atoms with Crippen molar-refractivity contribution >= 4 is 11.7 Å². The minimum Gasteiger partial charge on any atom is -0.364 e. The summed E-state index contributed by atoms with van der Waals surface area (Å²) < 4.78 is 20.0. The van der Waals surface area contributed by atoms with Gasteiger partial charge in [0.2, 0.25) is 0 Å². The predicted molar refractivity (Wildman–Crippen MR) is 99.8 cm³/mol. The molecule has 0 aliphatic rings. The molecule has 27 heavy (non-hydrogen) atoms. The number of nitrogens with one attached hydrogen (secondary N) is 2. The van der Waals surface area contributed by atoms with Crippen LogP contribution in [0.25, 0.3) is 11.3 Å². The van der Waals surface area contributed by atoms with Gasteiger partial charge in [0, 0.05) is 36.8 Å². The van der Waals surface area contributed by atoms with Crippen LogP contribution >= 0.6 is 0 Å². The van der Waals surface area contributed by atoms with E-state index in [-0.39, 0.29) is 17.8 Å². The van der Waals surface area contributed by atoms with Gasteiger partial charge in [0.15, 0.2) is 0 Å². The van der Waals surface area contributed by atoms with Gasteiger partial charge in [0.05, 0.1) is 0 Å². The number of aryl methyl sites for hydroxylation is 2. The number of hydrogen-bond acceptors (Lipinski definition) is 5. The summed E-state index contributed by atoms with van der Waals surface area (Å²) in [5, 5.41) is 14.4. The summed E-state index contributed by atoms with van der Waals surface area (Å²) >= 11 is 0. The first-order chi connectivity index (χ1) is 12.8. The first-order valence-electron chi connectivity index (χ1n) is 8.65. The molecule has 0 bridgehead atoms. The standard InChI is InChI=1S/C19H22FN5O2/c1-11(2)22-19(26)16-9-17(23-25(16)4)21-10-15-12(3)27-24-18(15)13-5-7-14(20)8-6-13/h5-9,11H,10H2,1-4H3,(H,21,23)(H,22,26). The predicted octanol–water partition coefficient (Wildman–Crippen LogP) is 3.27. The molecule has 3 aromatic rings. The van der Waals surface area contributed by atoms with Crippen molar-refractivity contribution in [2.45, 2.75) is 33.4 Å². The van der Waals surface area contributed by atoms with Crippen LogP contribution in [0.1, 0.15) is 35.7 Å². The normalized spacial score (nSPS) is 11.0. The molecule has 142 valence electrons. The number of carbonyl (C=O) groups excluding carboxylic acids is 1. The molecule has 0 radical (unpaired) electrons. The van der Waals surface area contributed by atoms with E-state index in [0.717, 1.165) is 11.1 Å². The second kappa shape index (κ2) is 7.61. The van der Waals surface area contributed by atoms with E-state index in [1.165, 1.54) is 16.8 Å². The fourth-order valence-electron chi connectivity index (χ4n) is 2.72. The Bertz CT molecular complexity index is 944. The molecule has 0 saturated carbocycles. The Labute approximate surface area is 156 Å². The highest BCUT2D eigenvalue weighted by molar-refractivity contribution is 5.93. The maximum atomic E-state index is 13.2. The number of benzene rings is 1. The Morgan fingerprint density at radius 1 is 1.30 bits per heavy atom. The number of hydrogen-bond donors (Lipinski definition) is 2. The highest BCUT2D eigenvalue weighted by Crippen LogP contribution is 2.26. The third-order valence-corrected chi connectivity index (χ3v) is 4.08. The summed E-state index contributed by atoms with van der Waals surface area (Å²) in [6, 6.07) is 7.82. The molecule has 2 heterocycles. The van der Waals surface area contributed by atoms with E-state index in [0.29, 0.717) is 29.5 Å². The van der Waals surface area contributed by atoms with E-state index < -0.39 is 0 Å². The van der Waals surface area contributed by atoms with Crippen LogP contribution in [0.4, 0.5) is 10.2 Å². The zero-order valence-corrected chi connectivity index (χ0v) is 15.7. The van der Waals surface area contributed by atoms with Gasteiger partial charge >= 0.3 is 0 Å². The van der Waals surface area contributed by atoms with Crippen LogP contribution in [0.2, 0.25) is 0 Å². The molecule has 0 aliphatic carbocycles. The Hall–Kier alpha value is -3.16. The van der Waals surface area contributed by atoms with Crippen molar-refractivity contribution in [1.82, 2.24) is 20.3 Å². The number of halogens is 1. The summed E-state index contributed by atoms with van der Waals surface area (Å²) in [6.07, 6.45) is 0. The summed E-state index contributed by atoms with van der Waals surface area (Å²) in [7, 11) is 1.72. The third-order valence-electron chi connectivity index (χ3n) is 4.08. The van der Waals surface area contributed by atoms with Gasteiger partial charge in [-0.15, -0.1) is 0 Å². The fourth-order valence-corrected chi connectivity index (χ4v) is 2.72. The van der Waals surface area contributed by atoms with Crippen LogP contribution in [-0.2, 0) is 13.6 Å². The molecule has 0 saturated heterocycles. The molecule has 0 unspecified atom stereocenters. The quantitative estimate of drug-likeness (QED) is 0.695. The van der Waals surface area contributed by atoms with Gasteiger partial charge in [-0.25, -0.2) is 4.39 Å². The SMILES string of the molecule is Cc1onc(-c2ccc(F)cc2)c1CNc1cc(C(=O)NC(C)C)n(C)n1. The molecule has 3 rings (SSSR count). The molecule has 2 aromatic heterocycles. The summed E-state index contributed by atoms with van der Waals surface area (Å²) in [5.41, 5.74) is 2.73. The minimum atomic E-state index is -0.306. The number of anilines is 1. The van der Waals surface area contributed by atoms with Crippen LogP contribution in [0.5, 0.6) is 0 Å². The molecule has 0 aliphatic heterocycles. The van der Waals surface area contributed by atoms with Crippen molar-refractivity contribution in [3.63, 3.8) is 0 Å². The first kappa shape index (κ1) is 18.6. The second-order valence-corrected chi connectivity index (χ2v) is 6.59. The topological polar surface area (TPSA) is 85.0 Å². The Morgan fingerprint density at radius 2 is 2.00 bits per heavy atom. The van der Waals surface area contributed by atoms with Crippen molar-refractivity contribution in [1.29, 1.82) is 0 Å². The highest BCUT2D eigenvalue weighted by atomic mass is 19.1. The number of aromatic nitrogens is 3. The molecule has 7 nitrogen and oxygen atoms in total. The molecular weight excluding hydrogens is 349 g/mol. The molecule has 0 spiro atoms. The van der Waals surface area contributed by atoms with Gasteiger partial charge < -0.3 is 15.2 Å². The van der Waals surface area contributed by atoms with Gasteiger partial charge in [0.1, 0.15) is 28.8 Å². The number of carbonyl (C=O) groups is 1. The van der Waals surface area contributed by atoms with Crippen LogP contribution in [0.15, 0.2) is 34.9 Å². The maximum absolute atomic E-state index is 13.2. The number of amides is 1. The van der Waals surface area contributed by atoms with Crippen molar-refractivity contribution in [3.05, 3.63) is 53.2 Å². The second-order valence-electron chi connectivity index (χ2n) is 6.59. The zero-order valence-electron chi connectivity index (χ0n) is 15.7. The van der Waals surface area contributed by atoms with E-state index in [1.54, 1.807) is 25.2 Å². The monoisotopic (exact) mass is 371 g/mol. The summed E-state index contributed by atoms with van der Waals surface area (Å²) in [5.74, 6) is 0.744. The lowest BCUT2D eigenvalue weighted by atomic mass is 10.1. The van der Waals surface area contributed by atoms with Crippen molar-refractivity contribution in [2.75, 3.05) is 5.32 Å². The van der Waals surface area contributed by atoms with E-state index >= 15 is 0 Å². The van der Waals surface area contributed by atoms with E-state index in [1.807, 2.05) is 20.8 Å².